The minimum absolute atomic E-state index is 0.164. The highest BCUT2D eigenvalue weighted by molar-refractivity contribution is 8.76. The van der Waals surface area contributed by atoms with Gasteiger partial charge in [-0.15, -0.1) is 0 Å². The molecular formula is C15H26N2O3S2. The molecule has 126 valence electrons. The lowest BCUT2D eigenvalue weighted by molar-refractivity contribution is -0.133. The van der Waals surface area contributed by atoms with Crippen LogP contribution in [0.15, 0.2) is 0 Å². The Morgan fingerprint density at radius 3 is 2.64 bits per heavy atom. The monoisotopic (exact) mass is 346 g/mol. The molecule has 0 aromatic rings. The Labute approximate surface area is 140 Å². The van der Waals surface area contributed by atoms with E-state index in [1.54, 1.807) is 28.5 Å². The van der Waals surface area contributed by atoms with Crippen LogP contribution in [-0.2, 0) is 14.4 Å². The van der Waals surface area contributed by atoms with Gasteiger partial charge >= 0.3 is 0 Å². The predicted molar refractivity (Wildman–Crippen MR) is 91.4 cm³/mol. The van der Waals surface area contributed by atoms with Gasteiger partial charge in [0.1, 0.15) is 5.78 Å². The van der Waals surface area contributed by atoms with Gasteiger partial charge < -0.3 is 9.74 Å². The zero-order valence-corrected chi connectivity index (χ0v) is 14.8. The summed E-state index contributed by atoms with van der Waals surface area (Å²) in [4.78, 5) is 30.0. The second kappa shape index (κ2) is 8.57. The van der Waals surface area contributed by atoms with E-state index in [0.717, 1.165) is 30.9 Å². The summed E-state index contributed by atoms with van der Waals surface area (Å²) in [5.74, 6) is 7.48. The Kier molecular flexibility index (Phi) is 7.05. The molecule has 0 bridgehead atoms. The second-order valence-electron chi connectivity index (χ2n) is 6.41. The number of rotatable bonds is 10. The quantitative estimate of drug-likeness (QED) is 0.372. The molecule has 5 nitrogen and oxygen atoms in total. The average molecular weight is 347 g/mol. The molecule has 1 aliphatic carbocycles. The van der Waals surface area contributed by atoms with Crippen LogP contribution in [0.3, 0.4) is 0 Å². The Morgan fingerprint density at radius 2 is 2.00 bits per heavy atom. The summed E-state index contributed by atoms with van der Waals surface area (Å²) in [5.41, 5.74) is 0.385. The second-order valence-corrected chi connectivity index (χ2v) is 9.11. The van der Waals surface area contributed by atoms with E-state index >= 15 is 0 Å². The smallest absolute Gasteiger partial charge is 0.222 e. The van der Waals surface area contributed by atoms with Crippen LogP contribution >= 0.6 is 21.6 Å². The maximum absolute atomic E-state index is 12.4. The van der Waals surface area contributed by atoms with Crippen molar-refractivity contribution >= 4 is 33.3 Å². The molecule has 22 heavy (non-hydrogen) atoms. The van der Waals surface area contributed by atoms with Crippen molar-refractivity contribution < 1.29 is 14.4 Å². The van der Waals surface area contributed by atoms with Crippen LogP contribution in [0.25, 0.3) is 0 Å². The molecule has 2 fully saturated rings. The van der Waals surface area contributed by atoms with Gasteiger partial charge in [0.05, 0.1) is 12.6 Å². The first-order chi connectivity index (χ1) is 10.6. The van der Waals surface area contributed by atoms with Gasteiger partial charge in [0.25, 0.3) is 0 Å². The fraction of sp³-hybridized carbons (Fsp3) is 0.867. The van der Waals surface area contributed by atoms with Crippen LogP contribution in [0, 0.1) is 5.41 Å². The Hall–Kier alpha value is -0.240. The van der Waals surface area contributed by atoms with E-state index in [4.69, 9.17) is 10.7 Å². The van der Waals surface area contributed by atoms with E-state index in [1.165, 1.54) is 12.8 Å². The SMILES string of the molecule is CC(=O)CCSSCCCC(=O)N1CC2(CC2)C[C@H]1CON. The first kappa shape index (κ1) is 18.1. The van der Waals surface area contributed by atoms with Crippen molar-refractivity contribution in [3.05, 3.63) is 0 Å². The summed E-state index contributed by atoms with van der Waals surface area (Å²) in [6, 6.07) is 0.164. The largest absolute Gasteiger partial charge is 0.337 e. The van der Waals surface area contributed by atoms with Crippen molar-refractivity contribution in [2.75, 3.05) is 24.7 Å². The zero-order valence-electron chi connectivity index (χ0n) is 13.2. The van der Waals surface area contributed by atoms with Crippen LogP contribution < -0.4 is 5.90 Å². The number of carbonyl (C=O) groups excluding carboxylic acids is 2. The Balaban J connectivity index is 1.61. The average Bonchev–Trinajstić information content (AvgIpc) is 3.12. The molecule has 1 amide bonds. The standard InChI is InChI=1S/C15H26N2O3S2/c1-12(18)4-8-22-21-7-2-3-14(19)17-11-15(5-6-15)9-13(17)10-20-16/h13H,2-11,16H2,1H3/t13-/m0/s1. The van der Waals surface area contributed by atoms with Crippen molar-refractivity contribution in [1.82, 2.24) is 4.90 Å². The summed E-state index contributed by atoms with van der Waals surface area (Å²) in [6.45, 7) is 2.96. The van der Waals surface area contributed by atoms with Crippen LogP contribution in [0.1, 0.15) is 45.4 Å². The molecule has 0 aromatic heterocycles. The molecule has 2 aliphatic rings. The number of likely N-dealkylation sites (tertiary alicyclic amines) is 1. The predicted octanol–water partition coefficient (Wildman–Crippen LogP) is 2.40. The van der Waals surface area contributed by atoms with E-state index in [2.05, 4.69) is 0 Å². The number of carbonyl (C=O) groups is 2. The molecule has 1 aliphatic heterocycles. The number of ketones is 1. The number of Topliss-reactive ketones (excluding diaryl/α,β-unsaturated/α-hetero) is 1. The van der Waals surface area contributed by atoms with Crippen molar-refractivity contribution in [3.8, 4) is 0 Å². The van der Waals surface area contributed by atoms with Gasteiger partial charge in [-0.2, -0.15) is 0 Å². The van der Waals surface area contributed by atoms with Crippen LogP contribution in [0.5, 0.6) is 0 Å². The van der Waals surface area contributed by atoms with Crippen molar-refractivity contribution in [2.45, 2.75) is 51.5 Å². The van der Waals surface area contributed by atoms with Crippen LogP contribution in [0.4, 0.5) is 0 Å². The highest BCUT2D eigenvalue weighted by atomic mass is 33.1. The summed E-state index contributed by atoms with van der Waals surface area (Å²) >= 11 is 0. The summed E-state index contributed by atoms with van der Waals surface area (Å²) in [6.07, 6.45) is 5.63. The molecular weight excluding hydrogens is 320 g/mol. The number of hydrogen-bond acceptors (Lipinski definition) is 6. The lowest BCUT2D eigenvalue weighted by Gasteiger charge is -2.23. The first-order valence-corrected chi connectivity index (χ1v) is 10.4. The van der Waals surface area contributed by atoms with Gasteiger partial charge in [-0.3, -0.25) is 9.59 Å². The first-order valence-electron chi connectivity index (χ1n) is 7.91. The molecule has 1 atom stereocenters. The molecule has 1 saturated carbocycles. The summed E-state index contributed by atoms with van der Waals surface area (Å²) in [7, 11) is 3.47. The maximum atomic E-state index is 12.4. The van der Waals surface area contributed by atoms with Crippen molar-refractivity contribution in [3.63, 3.8) is 0 Å². The van der Waals surface area contributed by atoms with Crippen molar-refractivity contribution in [1.29, 1.82) is 0 Å². The Morgan fingerprint density at radius 1 is 1.27 bits per heavy atom. The number of amides is 1. The molecule has 2 N–H and O–H groups in total. The fourth-order valence-corrected chi connectivity index (χ4v) is 5.16. The fourth-order valence-electron chi connectivity index (χ4n) is 2.99. The van der Waals surface area contributed by atoms with E-state index in [0.29, 0.717) is 24.9 Å². The molecule has 7 heteroatoms. The van der Waals surface area contributed by atoms with Gasteiger partial charge in [0.15, 0.2) is 0 Å². The van der Waals surface area contributed by atoms with E-state index in [9.17, 15) is 9.59 Å². The highest BCUT2D eigenvalue weighted by Gasteiger charge is 2.52. The normalized spacial score (nSPS) is 22.3. The lowest BCUT2D eigenvalue weighted by atomic mass is 10.0. The van der Waals surface area contributed by atoms with E-state index in [-0.39, 0.29) is 17.7 Å². The zero-order chi connectivity index (χ0) is 16.0. The molecule has 0 radical (unpaired) electrons. The van der Waals surface area contributed by atoms with E-state index in [1.807, 2.05) is 4.90 Å². The van der Waals surface area contributed by atoms with Crippen LogP contribution in [0.2, 0.25) is 0 Å². The highest BCUT2D eigenvalue weighted by Crippen LogP contribution is 2.54. The number of nitrogens with zero attached hydrogens (tertiary/aromatic N) is 1. The summed E-state index contributed by atoms with van der Waals surface area (Å²) < 4.78 is 0. The number of nitrogens with two attached hydrogens (primary N) is 1. The van der Waals surface area contributed by atoms with E-state index < -0.39 is 0 Å². The Bertz CT molecular complexity index is 402. The number of hydrogen-bond donors (Lipinski definition) is 1. The molecule has 2 rings (SSSR count). The van der Waals surface area contributed by atoms with Gasteiger partial charge in [-0.05, 0) is 38.0 Å². The third kappa shape index (κ3) is 5.44. The minimum Gasteiger partial charge on any atom is -0.337 e. The lowest BCUT2D eigenvalue weighted by Crippen LogP contribution is -2.39. The molecule has 0 aromatic carbocycles. The maximum Gasteiger partial charge on any atom is 0.222 e. The molecule has 1 saturated heterocycles. The topological polar surface area (TPSA) is 72.6 Å². The van der Waals surface area contributed by atoms with Crippen molar-refractivity contribution in [2.24, 2.45) is 11.3 Å². The van der Waals surface area contributed by atoms with Gasteiger partial charge in [-0.25, -0.2) is 5.90 Å². The third-order valence-corrected chi connectivity index (χ3v) is 6.91. The summed E-state index contributed by atoms with van der Waals surface area (Å²) in [5, 5.41) is 0. The van der Waals surface area contributed by atoms with Crippen LogP contribution in [-0.4, -0.2) is 47.3 Å². The minimum atomic E-state index is 0.164. The molecule has 0 unspecified atom stereocenters. The molecule has 1 heterocycles. The third-order valence-electron chi connectivity index (χ3n) is 4.42. The van der Waals surface area contributed by atoms with Gasteiger partial charge in [0, 0.05) is 30.9 Å². The molecule has 1 spiro atoms. The van der Waals surface area contributed by atoms with Gasteiger partial charge in [-0.1, -0.05) is 21.6 Å². The van der Waals surface area contributed by atoms with Gasteiger partial charge in [0.2, 0.25) is 5.91 Å².